The van der Waals surface area contributed by atoms with E-state index in [9.17, 15) is 5.11 Å². The third kappa shape index (κ3) is 2.40. The summed E-state index contributed by atoms with van der Waals surface area (Å²) in [4.78, 5) is 4.39. The Morgan fingerprint density at radius 3 is 3.05 bits per heavy atom. The van der Waals surface area contributed by atoms with Crippen LogP contribution in [0.4, 0.5) is 5.69 Å². The lowest BCUT2D eigenvalue weighted by Gasteiger charge is -2.17. The molecule has 0 radical (unpaired) electrons. The first-order valence-corrected chi connectivity index (χ1v) is 7.33. The molecule has 2 aromatic rings. The van der Waals surface area contributed by atoms with Crippen molar-refractivity contribution in [2.75, 3.05) is 11.5 Å². The van der Waals surface area contributed by atoms with Crippen molar-refractivity contribution in [1.29, 1.82) is 0 Å². The van der Waals surface area contributed by atoms with Gasteiger partial charge in [0.1, 0.15) is 0 Å². The van der Waals surface area contributed by atoms with E-state index < -0.39 is 0 Å². The van der Waals surface area contributed by atoms with Gasteiger partial charge >= 0.3 is 0 Å². The van der Waals surface area contributed by atoms with Crippen LogP contribution in [0, 0.1) is 0 Å². The first-order valence-electron chi connectivity index (χ1n) is 6.29. The highest BCUT2D eigenvalue weighted by molar-refractivity contribution is 7.99. The van der Waals surface area contributed by atoms with Gasteiger partial charge in [-0.1, -0.05) is 17.6 Å². The van der Waals surface area contributed by atoms with E-state index in [1.165, 1.54) is 12.8 Å². The van der Waals surface area contributed by atoms with Crippen LogP contribution >= 0.6 is 11.8 Å². The van der Waals surface area contributed by atoms with Crippen molar-refractivity contribution < 1.29 is 9.63 Å². The van der Waals surface area contributed by atoms with Crippen molar-refractivity contribution in [3.8, 4) is 17.2 Å². The summed E-state index contributed by atoms with van der Waals surface area (Å²) in [6, 6.07) is 5.10. The number of hydrogen-bond acceptors (Lipinski definition) is 6. The molecule has 19 heavy (non-hydrogen) atoms. The second-order valence-corrected chi connectivity index (χ2v) is 5.87. The van der Waals surface area contributed by atoms with Gasteiger partial charge in [0, 0.05) is 0 Å². The summed E-state index contributed by atoms with van der Waals surface area (Å²) in [7, 11) is 0. The normalized spacial score (nSPS) is 19.5. The zero-order valence-corrected chi connectivity index (χ0v) is 11.2. The Morgan fingerprint density at radius 2 is 2.26 bits per heavy atom. The molecule has 1 fully saturated rings. The molecule has 1 atom stereocenters. The van der Waals surface area contributed by atoms with E-state index in [1.807, 2.05) is 11.8 Å². The number of hydrogen-bond donors (Lipinski definition) is 2. The van der Waals surface area contributed by atoms with Gasteiger partial charge in [0.2, 0.25) is 0 Å². The van der Waals surface area contributed by atoms with E-state index in [0.29, 0.717) is 28.2 Å². The van der Waals surface area contributed by atoms with Gasteiger partial charge < -0.3 is 15.4 Å². The number of phenols is 1. The maximum Gasteiger partial charge on any atom is 0.261 e. The Hall–Kier alpha value is -1.69. The monoisotopic (exact) mass is 277 g/mol. The Balaban J connectivity index is 1.90. The topological polar surface area (TPSA) is 85.2 Å². The number of aromatic hydroxyl groups is 1. The minimum atomic E-state index is -0.00556. The lowest BCUT2D eigenvalue weighted by atomic mass is 10.1. The minimum Gasteiger partial charge on any atom is -0.505 e. The Bertz CT molecular complexity index is 579. The first kappa shape index (κ1) is 12.3. The van der Waals surface area contributed by atoms with Crippen LogP contribution in [0.2, 0.25) is 0 Å². The van der Waals surface area contributed by atoms with Crippen molar-refractivity contribution in [1.82, 2.24) is 10.1 Å². The number of aromatic nitrogens is 2. The fraction of sp³-hybridized carbons (Fsp3) is 0.385. The molecule has 1 unspecified atom stereocenters. The van der Waals surface area contributed by atoms with Crippen LogP contribution in [0.3, 0.4) is 0 Å². The van der Waals surface area contributed by atoms with Crippen LogP contribution in [0.5, 0.6) is 5.75 Å². The number of nitrogen functional groups attached to an aromatic ring is 1. The van der Waals surface area contributed by atoms with E-state index >= 15 is 0 Å². The third-order valence-electron chi connectivity index (χ3n) is 3.21. The van der Waals surface area contributed by atoms with Gasteiger partial charge in [-0.25, -0.2) is 0 Å². The summed E-state index contributed by atoms with van der Waals surface area (Å²) in [5, 5.41) is 14.2. The molecule has 1 aliphatic rings. The van der Waals surface area contributed by atoms with Gasteiger partial charge in [-0.3, -0.25) is 0 Å². The van der Waals surface area contributed by atoms with E-state index in [4.69, 9.17) is 10.3 Å². The van der Waals surface area contributed by atoms with Crippen LogP contribution < -0.4 is 5.73 Å². The van der Waals surface area contributed by atoms with Crippen LogP contribution in [0.25, 0.3) is 11.5 Å². The number of nitrogens with two attached hydrogens (primary N) is 1. The first-order chi connectivity index (χ1) is 9.25. The molecule has 3 N–H and O–H groups in total. The standard InChI is InChI=1S/C13H15N3O2S/c14-9-5-3-4-8(11(9)17)13-15-12(16-18-13)10-6-1-2-7-19-10/h3-5,10,17H,1-2,6-7,14H2. The van der Waals surface area contributed by atoms with Crippen molar-refractivity contribution in [2.45, 2.75) is 24.5 Å². The molecule has 100 valence electrons. The van der Waals surface area contributed by atoms with Crippen molar-refractivity contribution >= 4 is 17.4 Å². The Kier molecular flexibility index (Phi) is 3.33. The largest absolute Gasteiger partial charge is 0.505 e. The van der Waals surface area contributed by atoms with E-state index in [-0.39, 0.29) is 5.75 Å². The summed E-state index contributed by atoms with van der Waals surface area (Å²) in [6.07, 6.45) is 3.53. The molecule has 3 rings (SSSR count). The van der Waals surface area contributed by atoms with Gasteiger partial charge in [0.25, 0.3) is 5.89 Å². The van der Waals surface area contributed by atoms with Crippen molar-refractivity contribution in [2.24, 2.45) is 0 Å². The summed E-state index contributed by atoms with van der Waals surface area (Å²) in [5.74, 6) is 2.17. The Morgan fingerprint density at radius 1 is 1.37 bits per heavy atom. The smallest absolute Gasteiger partial charge is 0.261 e. The molecule has 2 heterocycles. The molecular weight excluding hydrogens is 262 g/mol. The zero-order valence-electron chi connectivity index (χ0n) is 10.4. The van der Waals surface area contributed by atoms with Crippen LogP contribution in [-0.4, -0.2) is 21.0 Å². The third-order valence-corrected chi connectivity index (χ3v) is 4.58. The summed E-state index contributed by atoms with van der Waals surface area (Å²) in [6.45, 7) is 0. The average molecular weight is 277 g/mol. The predicted octanol–water partition coefficient (Wildman–Crippen LogP) is 2.98. The quantitative estimate of drug-likeness (QED) is 0.648. The number of para-hydroxylation sites is 1. The fourth-order valence-corrected chi connectivity index (χ4v) is 3.39. The number of anilines is 1. The molecule has 0 aliphatic carbocycles. The van der Waals surface area contributed by atoms with Gasteiger partial charge in [0.15, 0.2) is 11.6 Å². The molecule has 1 aliphatic heterocycles. The highest BCUT2D eigenvalue weighted by atomic mass is 32.2. The number of nitrogens with zero attached hydrogens (tertiary/aromatic N) is 2. The molecule has 0 amide bonds. The maximum atomic E-state index is 9.91. The van der Waals surface area contributed by atoms with Gasteiger partial charge in [0.05, 0.1) is 16.5 Å². The van der Waals surface area contributed by atoms with Crippen LogP contribution in [0.1, 0.15) is 30.3 Å². The molecule has 1 aromatic heterocycles. The molecule has 0 bridgehead atoms. The number of rotatable bonds is 2. The van der Waals surface area contributed by atoms with Crippen LogP contribution in [0.15, 0.2) is 22.7 Å². The molecule has 5 nitrogen and oxygen atoms in total. The lowest BCUT2D eigenvalue weighted by molar-refractivity contribution is 0.415. The maximum absolute atomic E-state index is 9.91. The van der Waals surface area contributed by atoms with E-state index in [1.54, 1.807) is 18.2 Å². The highest BCUT2D eigenvalue weighted by Gasteiger charge is 2.23. The molecule has 0 spiro atoms. The fourth-order valence-electron chi connectivity index (χ4n) is 2.15. The average Bonchev–Trinajstić information content (AvgIpc) is 2.92. The van der Waals surface area contributed by atoms with Crippen LogP contribution in [-0.2, 0) is 0 Å². The summed E-state index contributed by atoms with van der Waals surface area (Å²) in [5.41, 5.74) is 6.46. The number of benzene rings is 1. The molecule has 1 saturated heterocycles. The second-order valence-electron chi connectivity index (χ2n) is 4.56. The van der Waals surface area contributed by atoms with E-state index in [0.717, 1.165) is 12.2 Å². The van der Waals surface area contributed by atoms with Crippen molar-refractivity contribution in [3.63, 3.8) is 0 Å². The van der Waals surface area contributed by atoms with E-state index in [2.05, 4.69) is 10.1 Å². The van der Waals surface area contributed by atoms with Gasteiger partial charge in [-0.05, 0) is 30.7 Å². The molecule has 0 saturated carbocycles. The molecular formula is C13H15N3O2S. The summed E-state index contributed by atoms with van der Waals surface area (Å²) >= 11 is 1.86. The minimum absolute atomic E-state index is 0.00556. The predicted molar refractivity (Wildman–Crippen MR) is 74.9 cm³/mol. The number of phenolic OH excluding ortho intramolecular Hbond substituents is 1. The van der Waals surface area contributed by atoms with Gasteiger partial charge in [-0.2, -0.15) is 16.7 Å². The molecule has 1 aromatic carbocycles. The Labute approximate surface area is 115 Å². The van der Waals surface area contributed by atoms with Crippen molar-refractivity contribution in [3.05, 3.63) is 24.0 Å². The second kappa shape index (κ2) is 5.13. The highest BCUT2D eigenvalue weighted by Crippen LogP contribution is 2.38. The summed E-state index contributed by atoms with van der Waals surface area (Å²) < 4.78 is 5.25. The van der Waals surface area contributed by atoms with Gasteiger partial charge in [-0.15, -0.1) is 0 Å². The molecule has 6 heteroatoms. The zero-order chi connectivity index (χ0) is 13.2. The lowest BCUT2D eigenvalue weighted by Crippen LogP contribution is -2.03. The SMILES string of the molecule is Nc1cccc(-c2nc(C3CCCCS3)no2)c1O. The number of thioether (sulfide) groups is 1.